The Bertz CT molecular complexity index is 1550. The van der Waals surface area contributed by atoms with Crippen molar-refractivity contribution in [1.82, 2.24) is 9.55 Å². The lowest BCUT2D eigenvalue weighted by Crippen LogP contribution is -2.08. The maximum absolute atomic E-state index is 12.5. The molecule has 1 aliphatic heterocycles. The summed E-state index contributed by atoms with van der Waals surface area (Å²) in [6, 6.07) is 17.5. The molecule has 5 heteroatoms. The summed E-state index contributed by atoms with van der Waals surface area (Å²) in [7, 11) is 0. The predicted molar refractivity (Wildman–Crippen MR) is 142 cm³/mol. The second kappa shape index (κ2) is 8.90. The third-order valence-electron chi connectivity index (χ3n) is 7.73. The monoisotopic (exact) mass is 476 g/mol. The number of fused-ring (bicyclic) bond motifs is 5. The molecule has 2 aliphatic rings. The van der Waals surface area contributed by atoms with E-state index in [9.17, 15) is 14.7 Å². The number of aromatic carboxylic acids is 1. The maximum atomic E-state index is 12.5. The summed E-state index contributed by atoms with van der Waals surface area (Å²) in [5, 5.41) is 10.9. The Morgan fingerprint density at radius 3 is 2.58 bits per heavy atom. The summed E-state index contributed by atoms with van der Waals surface area (Å²) in [6.07, 6.45) is 9.85. The summed E-state index contributed by atoms with van der Waals surface area (Å²) < 4.78 is 2.27. The lowest BCUT2D eigenvalue weighted by Gasteiger charge is -2.24. The fraction of sp³-hybridized carbons (Fsp3) is 0.258. The normalized spacial score (nSPS) is 15.6. The van der Waals surface area contributed by atoms with Gasteiger partial charge in [0.05, 0.1) is 23.5 Å². The van der Waals surface area contributed by atoms with Crippen LogP contribution in [0.15, 0.2) is 60.8 Å². The number of carboxylic acids is 1. The van der Waals surface area contributed by atoms with Crippen LogP contribution in [0.5, 0.6) is 0 Å². The highest BCUT2D eigenvalue weighted by molar-refractivity contribution is 6.03. The van der Waals surface area contributed by atoms with E-state index in [-0.39, 0.29) is 11.3 Å². The summed E-state index contributed by atoms with van der Waals surface area (Å²) in [4.78, 5) is 29.1. The van der Waals surface area contributed by atoms with Gasteiger partial charge in [0.15, 0.2) is 5.78 Å². The minimum atomic E-state index is -0.931. The van der Waals surface area contributed by atoms with Crippen LogP contribution in [0.2, 0.25) is 0 Å². The number of carbonyl (C=O) groups is 2. The van der Waals surface area contributed by atoms with Crippen molar-refractivity contribution in [2.75, 3.05) is 0 Å². The number of hydrogen-bond acceptors (Lipinski definition) is 3. The minimum absolute atomic E-state index is 0.0230. The molecule has 0 spiro atoms. The van der Waals surface area contributed by atoms with E-state index < -0.39 is 5.97 Å². The molecule has 0 bridgehead atoms. The number of pyridine rings is 1. The first-order chi connectivity index (χ1) is 17.5. The zero-order valence-corrected chi connectivity index (χ0v) is 20.3. The number of rotatable bonds is 4. The number of hydrogen-bond donors (Lipinski definition) is 1. The van der Waals surface area contributed by atoms with Crippen LogP contribution in [0, 0.1) is 0 Å². The molecule has 4 aromatic rings. The van der Waals surface area contributed by atoms with E-state index in [1.807, 2.05) is 24.3 Å². The number of ketones is 1. The molecule has 0 atom stereocenters. The average Bonchev–Trinajstić information content (AvgIpc) is 3.11. The molecule has 6 rings (SSSR count). The third kappa shape index (κ3) is 3.67. The zero-order valence-electron chi connectivity index (χ0n) is 20.3. The molecule has 1 fully saturated rings. The first-order valence-electron chi connectivity index (χ1n) is 12.7. The quantitative estimate of drug-likeness (QED) is 0.316. The molecule has 180 valence electrons. The van der Waals surface area contributed by atoms with Crippen LogP contribution in [0.4, 0.5) is 0 Å². The SMILES string of the molecule is CC(=O)c1cccnc1C1=Cc2ccccc2-c2c(C3CCCCC3)c3ccc(C(=O)O)cc3n2C1. The van der Waals surface area contributed by atoms with E-state index in [1.54, 1.807) is 25.3 Å². The second-order valence-corrected chi connectivity index (χ2v) is 9.93. The van der Waals surface area contributed by atoms with Crippen molar-refractivity contribution in [3.8, 4) is 11.3 Å². The van der Waals surface area contributed by atoms with Gasteiger partial charge in [-0.15, -0.1) is 0 Å². The Labute approximate surface area is 210 Å². The summed E-state index contributed by atoms with van der Waals surface area (Å²) in [6.45, 7) is 2.08. The standard InChI is InChI=1S/C31H28N2O3/c1-19(34)24-12-7-15-32-29(24)23-16-21-10-5-6-11-25(21)30-28(20-8-3-2-4-9-20)26-14-13-22(31(35)36)17-27(26)33(30)18-23/h5-7,10-17,20H,2-4,8-9,18H2,1H3,(H,35,36). The minimum Gasteiger partial charge on any atom is -0.478 e. The number of carboxylic acid groups (broad SMARTS) is 1. The van der Waals surface area contributed by atoms with Gasteiger partial charge in [0.2, 0.25) is 0 Å². The van der Waals surface area contributed by atoms with Crippen molar-refractivity contribution >= 4 is 34.3 Å². The maximum Gasteiger partial charge on any atom is 0.335 e. The van der Waals surface area contributed by atoms with Gasteiger partial charge in [0.25, 0.3) is 0 Å². The molecule has 1 saturated carbocycles. The van der Waals surface area contributed by atoms with Crippen LogP contribution >= 0.6 is 0 Å². The van der Waals surface area contributed by atoms with Crippen LogP contribution in [0.1, 0.15) is 82.5 Å². The van der Waals surface area contributed by atoms with E-state index in [2.05, 4.69) is 33.8 Å². The number of carbonyl (C=O) groups excluding carboxylic acids is 1. The highest BCUT2D eigenvalue weighted by Crippen LogP contribution is 2.47. The Hall–Kier alpha value is -3.99. The first-order valence-corrected chi connectivity index (χ1v) is 12.7. The zero-order chi connectivity index (χ0) is 24.8. The third-order valence-corrected chi connectivity index (χ3v) is 7.73. The molecule has 0 amide bonds. The van der Waals surface area contributed by atoms with Gasteiger partial charge in [-0.3, -0.25) is 9.78 Å². The number of benzene rings is 2. The van der Waals surface area contributed by atoms with E-state index in [0.29, 0.717) is 23.7 Å². The lowest BCUT2D eigenvalue weighted by molar-refractivity contribution is 0.0696. The van der Waals surface area contributed by atoms with Gasteiger partial charge in [-0.2, -0.15) is 0 Å². The van der Waals surface area contributed by atoms with Gasteiger partial charge in [-0.05, 0) is 72.7 Å². The van der Waals surface area contributed by atoms with Crippen LogP contribution in [0.25, 0.3) is 33.8 Å². The van der Waals surface area contributed by atoms with E-state index >= 15 is 0 Å². The van der Waals surface area contributed by atoms with Gasteiger partial charge < -0.3 is 9.67 Å². The summed E-state index contributed by atoms with van der Waals surface area (Å²) in [5.41, 5.74) is 8.16. The number of aromatic nitrogens is 2. The Morgan fingerprint density at radius 1 is 1.00 bits per heavy atom. The second-order valence-electron chi connectivity index (χ2n) is 9.93. The molecule has 1 N–H and O–H groups in total. The average molecular weight is 477 g/mol. The van der Waals surface area contributed by atoms with Gasteiger partial charge in [0, 0.05) is 28.2 Å². The lowest BCUT2D eigenvalue weighted by atomic mass is 9.81. The smallest absolute Gasteiger partial charge is 0.335 e. The molecule has 0 unspecified atom stereocenters. The van der Waals surface area contributed by atoms with Crippen molar-refractivity contribution in [2.45, 2.75) is 51.5 Å². The molecule has 0 radical (unpaired) electrons. The highest BCUT2D eigenvalue weighted by atomic mass is 16.4. The van der Waals surface area contributed by atoms with Crippen molar-refractivity contribution in [2.24, 2.45) is 0 Å². The number of nitrogens with zero attached hydrogens (tertiary/aromatic N) is 2. The van der Waals surface area contributed by atoms with E-state index in [4.69, 9.17) is 0 Å². The highest BCUT2D eigenvalue weighted by Gasteiger charge is 2.30. The molecular weight excluding hydrogens is 448 g/mol. The molecule has 5 nitrogen and oxygen atoms in total. The molecule has 2 aromatic heterocycles. The summed E-state index contributed by atoms with van der Waals surface area (Å²) >= 11 is 0. The molecular formula is C31H28N2O3. The fourth-order valence-electron chi connectivity index (χ4n) is 6.10. The summed E-state index contributed by atoms with van der Waals surface area (Å²) in [5.74, 6) is -0.518. The Morgan fingerprint density at radius 2 is 1.81 bits per heavy atom. The van der Waals surface area contributed by atoms with Gasteiger partial charge in [0.1, 0.15) is 0 Å². The largest absolute Gasteiger partial charge is 0.478 e. The van der Waals surface area contributed by atoms with Crippen molar-refractivity contribution < 1.29 is 14.7 Å². The molecule has 1 aliphatic carbocycles. The molecule has 2 aromatic carbocycles. The van der Waals surface area contributed by atoms with Crippen LogP contribution in [0.3, 0.4) is 0 Å². The van der Waals surface area contributed by atoms with Crippen molar-refractivity contribution in [3.05, 3.63) is 88.7 Å². The van der Waals surface area contributed by atoms with Crippen molar-refractivity contribution in [1.29, 1.82) is 0 Å². The van der Waals surface area contributed by atoms with Crippen LogP contribution < -0.4 is 0 Å². The first kappa shape index (κ1) is 22.5. The topological polar surface area (TPSA) is 72.2 Å². The van der Waals surface area contributed by atoms with Gasteiger partial charge in [-0.1, -0.05) is 49.6 Å². The van der Waals surface area contributed by atoms with E-state index in [0.717, 1.165) is 40.4 Å². The predicted octanol–water partition coefficient (Wildman–Crippen LogP) is 7.21. The van der Waals surface area contributed by atoms with E-state index in [1.165, 1.54) is 30.5 Å². The molecule has 3 heterocycles. The molecule has 36 heavy (non-hydrogen) atoms. The van der Waals surface area contributed by atoms with Crippen LogP contribution in [-0.2, 0) is 6.54 Å². The number of allylic oxidation sites excluding steroid dienone is 1. The van der Waals surface area contributed by atoms with Crippen molar-refractivity contribution in [3.63, 3.8) is 0 Å². The van der Waals surface area contributed by atoms with Gasteiger partial charge in [-0.25, -0.2) is 4.79 Å². The Balaban J connectivity index is 1.68. The van der Waals surface area contributed by atoms with Gasteiger partial charge >= 0.3 is 5.97 Å². The fourth-order valence-corrected chi connectivity index (χ4v) is 6.10. The van der Waals surface area contributed by atoms with Crippen LogP contribution in [-0.4, -0.2) is 26.4 Å². The number of Topliss-reactive ketones (excluding diaryl/α,β-unsaturated/α-hetero) is 1. The Kier molecular flexibility index (Phi) is 5.56. The molecule has 0 saturated heterocycles.